The molecule has 2 aliphatic rings. The highest BCUT2D eigenvalue weighted by molar-refractivity contribution is 6.01. The van der Waals surface area contributed by atoms with Gasteiger partial charge in [-0.2, -0.15) is 9.61 Å². The summed E-state index contributed by atoms with van der Waals surface area (Å²) in [6.07, 6.45) is 4.03. The second-order valence-electron chi connectivity index (χ2n) is 10.1. The third-order valence-electron chi connectivity index (χ3n) is 7.71. The number of ether oxygens (including phenoxy) is 2. The van der Waals surface area contributed by atoms with E-state index < -0.39 is 11.8 Å². The van der Waals surface area contributed by atoms with Gasteiger partial charge >= 0.3 is 5.97 Å². The van der Waals surface area contributed by atoms with Gasteiger partial charge in [0.25, 0.3) is 5.91 Å². The number of benzene rings is 2. The van der Waals surface area contributed by atoms with Crippen LogP contribution in [0.3, 0.4) is 0 Å². The van der Waals surface area contributed by atoms with E-state index in [2.05, 4.69) is 15.4 Å². The van der Waals surface area contributed by atoms with Crippen LogP contribution in [0.1, 0.15) is 51.6 Å². The number of halogens is 2. The van der Waals surface area contributed by atoms with Crippen molar-refractivity contribution in [1.82, 2.24) is 19.5 Å². The molecule has 0 saturated carbocycles. The van der Waals surface area contributed by atoms with E-state index in [1.165, 1.54) is 35.1 Å². The van der Waals surface area contributed by atoms with Gasteiger partial charge in [-0.25, -0.2) is 18.6 Å². The third-order valence-corrected chi connectivity index (χ3v) is 7.71. The Bertz CT molecular complexity index is 1650. The van der Waals surface area contributed by atoms with Gasteiger partial charge in [-0.05, 0) is 50.5 Å². The molecule has 1 fully saturated rings. The second-order valence-corrected chi connectivity index (χ2v) is 10.1. The summed E-state index contributed by atoms with van der Waals surface area (Å²) in [5.74, 6) is -0.815. The molecular weight excluding hydrogens is 520 g/mol. The summed E-state index contributed by atoms with van der Waals surface area (Å²) in [6.45, 7) is 4.87. The first kappa shape index (κ1) is 25.7. The highest BCUT2D eigenvalue weighted by Crippen LogP contribution is 2.46. The number of likely N-dealkylation sites (tertiary alicyclic amines) is 1. The minimum absolute atomic E-state index is 0.148. The van der Waals surface area contributed by atoms with Crippen LogP contribution < -0.4 is 10.1 Å². The molecule has 0 bridgehead atoms. The number of anilines is 2. The Kier molecular flexibility index (Phi) is 6.36. The first-order valence-corrected chi connectivity index (χ1v) is 13.1. The van der Waals surface area contributed by atoms with Crippen LogP contribution in [0.15, 0.2) is 48.8 Å². The molecule has 4 aromatic rings. The average Bonchev–Trinajstić information content (AvgIpc) is 3.53. The average molecular weight is 548 g/mol. The molecule has 0 atom stereocenters. The van der Waals surface area contributed by atoms with Crippen molar-refractivity contribution in [2.24, 2.45) is 0 Å². The Morgan fingerprint density at radius 3 is 2.65 bits per heavy atom. The van der Waals surface area contributed by atoms with Crippen LogP contribution in [-0.4, -0.2) is 57.7 Å². The third kappa shape index (κ3) is 4.31. The lowest BCUT2D eigenvalue weighted by atomic mass is 9.74. The smallest absolute Gasteiger partial charge is 0.343 e. The van der Waals surface area contributed by atoms with E-state index >= 15 is 0 Å². The molecule has 1 saturated heterocycles. The van der Waals surface area contributed by atoms with Gasteiger partial charge in [0.2, 0.25) is 0 Å². The van der Waals surface area contributed by atoms with Crippen molar-refractivity contribution >= 4 is 29.0 Å². The summed E-state index contributed by atoms with van der Waals surface area (Å²) >= 11 is 0. The lowest BCUT2D eigenvalue weighted by molar-refractivity contribution is 0.0528. The van der Waals surface area contributed by atoms with Crippen LogP contribution in [0.25, 0.3) is 5.65 Å². The zero-order valence-electron chi connectivity index (χ0n) is 22.0. The number of hydrogen-bond acceptors (Lipinski definition) is 7. The predicted octanol–water partition coefficient (Wildman–Crippen LogP) is 4.80. The van der Waals surface area contributed by atoms with Crippen LogP contribution in [0, 0.1) is 18.6 Å². The molecule has 2 aromatic heterocycles. The van der Waals surface area contributed by atoms with E-state index in [4.69, 9.17) is 9.47 Å². The summed E-state index contributed by atoms with van der Waals surface area (Å²) in [6, 6.07) is 9.27. The zero-order chi connectivity index (χ0) is 28.0. The Hall–Kier alpha value is -4.54. The quantitative estimate of drug-likeness (QED) is 0.359. The molecule has 4 heterocycles. The largest absolute Gasteiger partial charge is 0.492 e. The van der Waals surface area contributed by atoms with Gasteiger partial charge in [0.05, 0.1) is 19.4 Å². The topological polar surface area (TPSA) is 98.1 Å². The number of aromatic nitrogens is 3. The van der Waals surface area contributed by atoms with Crippen molar-refractivity contribution in [3.8, 4) is 5.75 Å². The fourth-order valence-corrected chi connectivity index (χ4v) is 5.44. The van der Waals surface area contributed by atoms with Gasteiger partial charge in [0.15, 0.2) is 5.65 Å². The first-order valence-electron chi connectivity index (χ1n) is 13.1. The highest BCUT2D eigenvalue weighted by Gasteiger charge is 2.44. The summed E-state index contributed by atoms with van der Waals surface area (Å²) in [5.41, 5.74) is 2.14. The minimum Gasteiger partial charge on any atom is -0.492 e. The molecule has 0 aliphatic carbocycles. The number of hydrogen-bond donors (Lipinski definition) is 1. The second kappa shape index (κ2) is 9.89. The van der Waals surface area contributed by atoms with E-state index in [9.17, 15) is 18.4 Å². The first-order chi connectivity index (χ1) is 19.3. The molecule has 11 heteroatoms. The van der Waals surface area contributed by atoms with Gasteiger partial charge in [-0.15, -0.1) is 0 Å². The van der Waals surface area contributed by atoms with Gasteiger partial charge < -0.3 is 19.7 Å². The molecule has 6 rings (SSSR count). The monoisotopic (exact) mass is 547 g/mol. The highest BCUT2D eigenvalue weighted by atomic mass is 19.1. The van der Waals surface area contributed by atoms with E-state index in [1.807, 2.05) is 0 Å². The Morgan fingerprint density at radius 1 is 1.10 bits per heavy atom. The Morgan fingerprint density at radius 2 is 1.90 bits per heavy atom. The molecule has 1 spiro atoms. The number of amides is 1. The maximum atomic E-state index is 14.4. The van der Waals surface area contributed by atoms with Crippen molar-refractivity contribution in [2.75, 3.05) is 31.6 Å². The Balaban J connectivity index is 1.33. The molecule has 1 N–H and O–H groups in total. The maximum Gasteiger partial charge on any atom is 0.343 e. The van der Waals surface area contributed by atoms with E-state index in [0.717, 1.165) is 5.56 Å². The van der Waals surface area contributed by atoms with Crippen LogP contribution in [0.4, 0.5) is 20.3 Å². The predicted molar refractivity (Wildman–Crippen MR) is 142 cm³/mol. The van der Waals surface area contributed by atoms with Crippen LogP contribution in [0.5, 0.6) is 5.75 Å². The van der Waals surface area contributed by atoms with Crippen molar-refractivity contribution in [1.29, 1.82) is 0 Å². The summed E-state index contributed by atoms with van der Waals surface area (Å²) in [4.78, 5) is 32.5. The lowest BCUT2D eigenvalue weighted by Gasteiger charge is -2.38. The molecule has 2 aromatic carbocycles. The number of piperidine rings is 1. The van der Waals surface area contributed by atoms with Crippen molar-refractivity contribution in [3.05, 3.63) is 82.7 Å². The van der Waals surface area contributed by atoms with Gasteiger partial charge in [0, 0.05) is 42.0 Å². The van der Waals surface area contributed by atoms with Crippen LogP contribution >= 0.6 is 0 Å². The lowest BCUT2D eigenvalue weighted by Crippen LogP contribution is -2.46. The molecule has 1 amide bonds. The molecule has 0 unspecified atom stereocenters. The minimum atomic E-state index is -0.586. The van der Waals surface area contributed by atoms with Crippen molar-refractivity contribution in [2.45, 2.75) is 32.1 Å². The SMILES string of the molecule is CCOC(=O)c1cnn2c(Nc3ccc(C)c(F)c3)c(C(=O)N3CCC4(CC3)COc3cc(F)ccc34)cnc12. The fourth-order valence-electron chi connectivity index (χ4n) is 5.44. The van der Waals surface area contributed by atoms with E-state index in [0.29, 0.717) is 49.5 Å². The summed E-state index contributed by atoms with van der Waals surface area (Å²) in [7, 11) is 0. The van der Waals surface area contributed by atoms with Gasteiger partial charge in [-0.3, -0.25) is 4.79 Å². The van der Waals surface area contributed by atoms with Crippen molar-refractivity contribution < 1.29 is 27.8 Å². The number of nitrogens with one attached hydrogen (secondary N) is 1. The number of rotatable bonds is 5. The van der Waals surface area contributed by atoms with Crippen molar-refractivity contribution in [3.63, 3.8) is 0 Å². The molecular formula is C29H27F2N5O4. The summed E-state index contributed by atoms with van der Waals surface area (Å²) < 4.78 is 40.4. The number of carbonyl (C=O) groups excluding carboxylic acids is 2. The molecule has 206 valence electrons. The van der Waals surface area contributed by atoms with Gasteiger partial charge in [-0.1, -0.05) is 12.1 Å². The van der Waals surface area contributed by atoms with E-state index in [1.54, 1.807) is 36.9 Å². The number of aryl methyl sites for hydroxylation is 1. The number of esters is 1. The number of carbonyl (C=O) groups is 2. The summed E-state index contributed by atoms with van der Waals surface area (Å²) in [5, 5.41) is 7.44. The number of fused-ring (bicyclic) bond motifs is 3. The number of nitrogens with zero attached hydrogens (tertiary/aromatic N) is 4. The van der Waals surface area contributed by atoms with Crippen LogP contribution in [0.2, 0.25) is 0 Å². The zero-order valence-corrected chi connectivity index (χ0v) is 22.0. The molecule has 9 nitrogen and oxygen atoms in total. The van der Waals surface area contributed by atoms with E-state index in [-0.39, 0.29) is 46.3 Å². The maximum absolute atomic E-state index is 14.4. The van der Waals surface area contributed by atoms with Gasteiger partial charge in [0.1, 0.15) is 34.3 Å². The molecule has 2 aliphatic heterocycles. The standard InChI is InChI=1S/C29H27F2N5O4/c1-3-39-28(38)21-15-33-36-25(21)32-14-20(26(36)34-19-6-4-17(2)23(31)13-19)27(37)35-10-8-29(9-11-35)16-40-24-12-18(30)5-7-22(24)29/h4-7,12-15,34H,3,8-11,16H2,1-2H3. The Labute approximate surface area is 228 Å². The normalized spacial score (nSPS) is 15.7. The van der Waals surface area contributed by atoms with Crippen LogP contribution in [-0.2, 0) is 10.2 Å². The molecule has 40 heavy (non-hydrogen) atoms. The fraction of sp³-hybridized carbons (Fsp3) is 0.310. The molecule has 0 radical (unpaired) electrons.